The van der Waals surface area contributed by atoms with Gasteiger partial charge in [0.2, 0.25) is 0 Å². The number of nitrogens with one attached hydrogen (secondary N) is 2. The lowest BCUT2D eigenvalue weighted by Crippen LogP contribution is -2.41. The summed E-state index contributed by atoms with van der Waals surface area (Å²) < 4.78 is 18.0. The average molecular weight is 515 g/mol. The van der Waals surface area contributed by atoms with Crippen LogP contribution in [0.4, 0.5) is 4.79 Å². The zero-order chi connectivity index (χ0) is 27.1. The molecule has 9 nitrogen and oxygen atoms in total. The van der Waals surface area contributed by atoms with Crippen LogP contribution in [0.15, 0.2) is 60.2 Å². The van der Waals surface area contributed by atoms with E-state index in [1.807, 2.05) is 52.0 Å². The molecule has 1 aliphatic heterocycles. The third kappa shape index (κ3) is 4.73. The van der Waals surface area contributed by atoms with Gasteiger partial charge in [-0.1, -0.05) is 54.6 Å². The quantitative estimate of drug-likeness (QED) is 0.391. The molecule has 0 radical (unpaired) electrons. The molecular formula is C28H30BN3O6. The summed E-state index contributed by atoms with van der Waals surface area (Å²) in [4.78, 5) is 24.4. The van der Waals surface area contributed by atoms with Gasteiger partial charge in [0.25, 0.3) is 0 Å². The van der Waals surface area contributed by atoms with Crippen LogP contribution in [0.1, 0.15) is 60.8 Å². The first kappa shape index (κ1) is 25.8. The van der Waals surface area contributed by atoms with Crippen molar-refractivity contribution in [2.75, 3.05) is 13.2 Å². The van der Waals surface area contributed by atoms with E-state index < -0.39 is 30.4 Å². The van der Waals surface area contributed by atoms with Gasteiger partial charge in [-0.3, -0.25) is 5.10 Å². The summed E-state index contributed by atoms with van der Waals surface area (Å²) in [7, 11) is -0.801. The largest absolute Gasteiger partial charge is 0.492 e. The van der Waals surface area contributed by atoms with Gasteiger partial charge in [0.1, 0.15) is 6.61 Å². The second kappa shape index (κ2) is 9.77. The van der Waals surface area contributed by atoms with Gasteiger partial charge in [-0.25, -0.2) is 9.59 Å². The third-order valence-electron chi connectivity index (χ3n) is 7.56. The van der Waals surface area contributed by atoms with E-state index in [1.165, 1.54) is 6.20 Å². The van der Waals surface area contributed by atoms with E-state index in [2.05, 4.69) is 39.8 Å². The molecule has 1 fully saturated rings. The maximum atomic E-state index is 12.8. The monoisotopic (exact) mass is 515 g/mol. The van der Waals surface area contributed by atoms with E-state index in [0.29, 0.717) is 11.0 Å². The van der Waals surface area contributed by atoms with Crippen molar-refractivity contribution in [3.8, 4) is 11.1 Å². The molecule has 10 heteroatoms. The van der Waals surface area contributed by atoms with Crippen molar-refractivity contribution >= 4 is 25.3 Å². The van der Waals surface area contributed by atoms with Gasteiger partial charge in [-0.2, -0.15) is 5.10 Å². The van der Waals surface area contributed by atoms with Crippen molar-refractivity contribution in [3.05, 3.63) is 82.6 Å². The number of aromatic carboxylic acids is 1. The van der Waals surface area contributed by atoms with Crippen LogP contribution >= 0.6 is 0 Å². The maximum absolute atomic E-state index is 12.8. The number of hydrogen-bond acceptors (Lipinski definition) is 6. The molecule has 3 aromatic rings. The van der Waals surface area contributed by atoms with Crippen LogP contribution in [-0.2, 0) is 14.0 Å². The Morgan fingerprint density at radius 3 is 2.21 bits per heavy atom. The van der Waals surface area contributed by atoms with Crippen LogP contribution < -0.4 is 5.32 Å². The van der Waals surface area contributed by atoms with Crippen LogP contribution in [-0.4, -0.2) is 58.8 Å². The first-order valence-electron chi connectivity index (χ1n) is 12.5. The predicted octanol–water partition coefficient (Wildman–Crippen LogP) is 4.66. The summed E-state index contributed by atoms with van der Waals surface area (Å²) in [6, 6.07) is 16.3. The highest BCUT2D eigenvalue weighted by Gasteiger charge is 2.52. The van der Waals surface area contributed by atoms with Gasteiger partial charge in [-0.15, -0.1) is 0 Å². The highest BCUT2D eigenvalue weighted by atomic mass is 16.7. The highest BCUT2D eigenvalue weighted by molar-refractivity contribution is 6.56. The lowest BCUT2D eigenvalue weighted by atomic mass is 9.77. The lowest BCUT2D eigenvalue weighted by Gasteiger charge is -2.32. The first-order valence-corrected chi connectivity index (χ1v) is 12.5. The van der Waals surface area contributed by atoms with Gasteiger partial charge >= 0.3 is 19.2 Å². The number of amides is 1. The zero-order valence-corrected chi connectivity index (χ0v) is 21.8. The average Bonchev–Trinajstić information content (AvgIpc) is 3.53. The van der Waals surface area contributed by atoms with Crippen molar-refractivity contribution in [2.24, 2.45) is 0 Å². The molecule has 1 aliphatic carbocycles. The number of H-pyrrole nitrogens is 1. The number of carbonyl (C=O) groups is 2. The molecule has 2 heterocycles. The molecular weight excluding hydrogens is 485 g/mol. The Hall–Kier alpha value is -3.89. The summed E-state index contributed by atoms with van der Waals surface area (Å²) in [6.07, 6.45) is 2.42. The predicted molar refractivity (Wildman–Crippen MR) is 143 cm³/mol. The first-order chi connectivity index (χ1) is 18.1. The molecule has 1 saturated heterocycles. The molecule has 0 spiro atoms. The van der Waals surface area contributed by atoms with Crippen LogP contribution in [0.2, 0.25) is 0 Å². The van der Waals surface area contributed by atoms with Crippen LogP contribution in [0.3, 0.4) is 0 Å². The Morgan fingerprint density at radius 2 is 1.63 bits per heavy atom. The topological polar surface area (TPSA) is 123 Å². The fourth-order valence-electron chi connectivity index (χ4n) is 4.80. The number of nitrogens with zero attached hydrogens (tertiary/aromatic N) is 1. The summed E-state index contributed by atoms with van der Waals surface area (Å²) in [6.45, 7) is 7.89. The standard InChI is InChI=1S/C28H30BN3O6/c1-27(2)28(3,4)38-29(37-27)18(13-17-14-31-32-24(17)25(33)34)15-30-26(35)36-16-23-21-11-7-5-9-19(21)20-10-6-8-12-22(20)23/h5-14,23H,15-16H2,1-4H3,(H,30,35)(H,31,32)(H,33,34). The SMILES string of the molecule is CC1(C)OB(C(=Cc2cn[nH]c2C(=O)O)CNC(=O)OCC2c3ccccc3-c3ccccc32)OC1(C)C. The number of carbonyl (C=O) groups excluding carboxylic acids is 1. The Morgan fingerprint density at radius 1 is 1.05 bits per heavy atom. The molecule has 2 aromatic carbocycles. The number of hydrogen-bond donors (Lipinski definition) is 3. The molecule has 38 heavy (non-hydrogen) atoms. The van der Waals surface area contributed by atoms with Gasteiger partial charge in [-0.05, 0) is 55.4 Å². The number of fused-ring (bicyclic) bond motifs is 3. The van der Waals surface area contributed by atoms with E-state index in [4.69, 9.17) is 14.0 Å². The van der Waals surface area contributed by atoms with Crippen molar-refractivity contribution in [2.45, 2.75) is 44.8 Å². The van der Waals surface area contributed by atoms with Crippen LogP contribution in [0.5, 0.6) is 0 Å². The zero-order valence-electron chi connectivity index (χ0n) is 21.8. The second-order valence-electron chi connectivity index (χ2n) is 10.5. The van der Waals surface area contributed by atoms with Crippen molar-refractivity contribution in [3.63, 3.8) is 0 Å². The number of rotatable bonds is 7. The number of ether oxygens (including phenoxy) is 1. The normalized spacial score (nSPS) is 17.7. The Balaban J connectivity index is 1.31. The van der Waals surface area contributed by atoms with E-state index in [9.17, 15) is 14.7 Å². The third-order valence-corrected chi connectivity index (χ3v) is 7.56. The smallest absolute Gasteiger partial charge is 0.477 e. The maximum Gasteiger partial charge on any atom is 0.492 e. The van der Waals surface area contributed by atoms with Gasteiger partial charge in [0.05, 0.1) is 17.4 Å². The Bertz CT molecular complexity index is 1350. The lowest BCUT2D eigenvalue weighted by molar-refractivity contribution is 0.00578. The number of benzene rings is 2. The number of alkyl carbamates (subject to hydrolysis) is 1. The number of carboxylic acid groups (broad SMARTS) is 1. The number of aromatic nitrogens is 2. The second-order valence-corrected chi connectivity index (χ2v) is 10.5. The fourth-order valence-corrected chi connectivity index (χ4v) is 4.80. The molecule has 5 rings (SSSR count). The van der Waals surface area contributed by atoms with Gasteiger partial charge in [0.15, 0.2) is 5.69 Å². The minimum Gasteiger partial charge on any atom is -0.477 e. The molecule has 0 saturated carbocycles. The van der Waals surface area contributed by atoms with E-state index in [1.54, 1.807) is 6.08 Å². The van der Waals surface area contributed by atoms with Crippen LogP contribution in [0, 0.1) is 0 Å². The molecule has 3 N–H and O–H groups in total. The molecule has 1 amide bonds. The molecule has 196 valence electrons. The van der Waals surface area contributed by atoms with Crippen molar-refractivity contribution in [1.82, 2.24) is 15.5 Å². The van der Waals surface area contributed by atoms with Gasteiger partial charge < -0.3 is 24.5 Å². The van der Waals surface area contributed by atoms with Crippen LogP contribution in [0.25, 0.3) is 17.2 Å². The fraction of sp³-hybridized carbons (Fsp3) is 0.321. The van der Waals surface area contributed by atoms with E-state index >= 15 is 0 Å². The van der Waals surface area contributed by atoms with Crippen molar-refractivity contribution < 1.29 is 28.7 Å². The number of carboxylic acids is 1. The Kier molecular flexibility index (Phi) is 6.62. The van der Waals surface area contributed by atoms with Crippen molar-refractivity contribution in [1.29, 1.82) is 0 Å². The minimum absolute atomic E-state index is 0.0255. The van der Waals surface area contributed by atoms with Gasteiger partial charge in [0, 0.05) is 18.0 Å². The van der Waals surface area contributed by atoms with E-state index in [-0.39, 0.29) is 24.8 Å². The molecule has 2 aliphatic rings. The minimum atomic E-state index is -1.15. The highest BCUT2D eigenvalue weighted by Crippen LogP contribution is 2.44. The molecule has 0 bridgehead atoms. The summed E-state index contributed by atoms with van der Waals surface area (Å²) in [5.41, 5.74) is 4.12. The summed E-state index contributed by atoms with van der Waals surface area (Å²) in [5.74, 6) is -1.21. The molecule has 1 aromatic heterocycles. The Labute approximate surface area is 221 Å². The molecule has 0 unspecified atom stereocenters. The molecule has 0 atom stereocenters. The summed E-state index contributed by atoms with van der Waals surface area (Å²) in [5, 5.41) is 18.6. The number of aromatic amines is 1. The summed E-state index contributed by atoms with van der Waals surface area (Å²) >= 11 is 0. The van der Waals surface area contributed by atoms with E-state index in [0.717, 1.165) is 22.3 Å².